The molecule has 0 saturated carbocycles. The summed E-state index contributed by atoms with van der Waals surface area (Å²) in [6.07, 6.45) is 2.62. The first-order chi connectivity index (χ1) is 16.6. The SMILES string of the molecule is Cc1cnc(-c2ccc(NC(=O)C(CNCCc3ccc(C#N)cc3)c3ccccc3)cc2)[nH]1. The van der Waals surface area contributed by atoms with Gasteiger partial charge in [-0.15, -0.1) is 0 Å². The van der Waals surface area contributed by atoms with Crippen LogP contribution in [0, 0.1) is 18.3 Å². The second-order valence-corrected chi connectivity index (χ2v) is 8.21. The van der Waals surface area contributed by atoms with E-state index < -0.39 is 0 Å². The number of amides is 1. The summed E-state index contributed by atoms with van der Waals surface area (Å²) in [4.78, 5) is 20.8. The van der Waals surface area contributed by atoms with Crippen LogP contribution in [0.4, 0.5) is 5.69 Å². The van der Waals surface area contributed by atoms with Crippen molar-refractivity contribution < 1.29 is 4.79 Å². The molecule has 0 aliphatic heterocycles. The largest absolute Gasteiger partial charge is 0.342 e. The summed E-state index contributed by atoms with van der Waals surface area (Å²) >= 11 is 0. The van der Waals surface area contributed by atoms with E-state index in [-0.39, 0.29) is 11.8 Å². The van der Waals surface area contributed by atoms with E-state index in [1.807, 2.05) is 85.8 Å². The lowest BCUT2D eigenvalue weighted by Crippen LogP contribution is -2.32. The first-order valence-corrected chi connectivity index (χ1v) is 11.3. The lowest BCUT2D eigenvalue weighted by atomic mass is 9.97. The molecule has 34 heavy (non-hydrogen) atoms. The van der Waals surface area contributed by atoms with E-state index in [1.165, 1.54) is 0 Å². The van der Waals surface area contributed by atoms with Crippen LogP contribution in [0.5, 0.6) is 0 Å². The number of hydrogen-bond acceptors (Lipinski definition) is 4. The van der Waals surface area contributed by atoms with Gasteiger partial charge < -0.3 is 15.6 Å². The van der Waals surface area contributed by atoms with Gasteiger partial charge in [-0.1, -0.05) is 42.5 Å². The van der Waals surface area contributed by atoms with Crippen molar-refractivity contribution in [3.63, 3.8) is 0 Å². The Morgan fingerprint density at radius 3 is 2.41 bits per heavy atom. The van der Waals surface area contributed by atoms with E-state index in [0.29, 0.717) is 12.1 Å². The van der Waals surface area contributed by atoms with Gasteiger partial charge in [-0.2, -0.15) is 5.26 Å². The summed E-state index contributed by atoms with van der Waals surface area (Å²) in [5.41, 5.74) is 5.49. The molecular formula is C28H27N5O. The molecule has 0 fully saturated rings. The van der Waals surface area contributed by atoms with Gasteiger partial charge in [0.25, 0.3) is 0 Å². The molecule has 4 aromatic rings. The third-order valence-corrected chi connectivity index (χ3v) is 5.67. The number of nitriles is 1. The molecule has 4 rings (SSSR count). The molecule has 0 aliphatic rings. The van der Waals surface area contributed by atoms with Crippen molar-refractivity contribution in [2.24, 2.45) is 0 Å². The summed E-state index contributed by atoms with van der Waals surface area (Å²) < 4.78 is 0. The zero-order chi connectivity index (χ0) is 23.8. The molecule has 6 nitrogen and oxygen atoms in total. The highest BCUT2D eigenvalue weighted by Crippen LogP contribution is 2.21. The highest BCUT2D eigenvalue weighted by atomic mass is 16.1. The summed E-state index contributed by atoms with van der Waals surface area (Å²) in [6, 6.07) is 27.2. The fraction of sp³-hybridized carbons (Fsp3) is 0.179. The topological polar surface area (TPSA) is 93.6 Å². The fourth-order valence-corrected chi connectivity index (χ4v) is 3.77. The summed E-state index contributed by atoms with van der Waals surface area (Å²) in [7, 11) is 0. The van der Waals surface area contributed by atoms with Crippen LogP contribution in [-0.4, -0.2) is 29.0 Å². The molecular weight excluding hydrogens is 422 g/mol. The molecule has 3 aromatic carbocycles. The number of carbonyl (C=O) groups excluding carboxylic acids is 1. The van der Waals surface area contributed by atoms with E-state index in [9.17, 15) is 4.79 Å². The predicted molar refractivity (Wildman–Crippen MR) is 134 cm³/mol. The van der Waals surface area contributed by atoms with Crippen LogP contribution in [0.15, 0.2) is 85.1 Å². The van der Waals surface area contributed by atoms with Gasteiger partial charge in [0.1, 0.15) is 5.82 Å². The Kier molecular flexibility index (Phi) is 7.49. The molecule has 1 aromatic heterocycles. The fourth-order valence-electron chi connectivity index (χ4n) is 3.77. The number of aryl methyl sites for hydroxylation is 1. The van der Waals surface area contributed by atoms with Crippen molar-refractivity contribution in [1.29, 1.82) is 5.26 Å². The van der Waals surface area contributed by atoms with Crippen LogP contribution < -0.4 is 10.6 Å². The second-order valence-electron chi connectivity index (χ2n) is 8.21. The summed E-state index contributed by atoms with van der Waals surface area (Å²) in [6.45, 7) is 3.23. The van der Waals surface area contributed by atoms with Crippen LogP contribution in [0.3, 0.4) is 0 Å². The minimum Gasteiger partial charge on any atom is -0.342 e. The minimum atomic E-state index is -0.324. The average molecular weight is 450 g/mol. The summed E-state index contributed by atoms with van der Waals surface area (Å²) in [5, 5.41) is 15.4. The summed E-state index contributed by atoms with van der Waals surface area (Å²) in [5.74, 6) is 0.428. The highest BCUT2D eigenvalue weighted by molar-refractivity contribution is 5.96. The van der Waals surface area contributed by atoms with Gasteiger partial charge in [0, 0.05) is 29.7 Å². The van der Waals surface area contributed by atoms with E-state index >= 15 is 0 Å². The Morgan fingerprint density at radius 2 is 1.76 bits per heavy atom. The molecule has 0 radical (unpaired) electrons. The van der Waals surface area contributed by atoms with Crippen molar-refractivity contribution >= 4 is 11.6 Å². The maximum atomic E-state index is 13.2. The molecule has 0 aliphatic carbocycles. The molecule has 0 spiro atoms. The van der Waals surface area contributed by atoms with Crippen LogP contribution in [0.25, 0.3) is 11.4 Å². The Labute approximate surface area is 199 Å². The molecule has 170 valence electrons. The number of aromatic nitrogens is 2. The van der Waals surface area contributed by atoms with Gasteiger partial charge in [0.15, 0.2) is 0 Å². The molecule has 1 heterocycles. The molecule has 3 N–H and O–H groups in total. The third-order valence-electron chi connectivity index (χ3n) is 5.67. The van der Waals surface area contributed by atoms with Gasteiger partial charge in [-0.3, -0.25) is 4.79 Å². The molecule has 0 saturated heterocycles. The number of benzene rings is 3. The van der Waals surface area contributed by atoms with Crippen molar-refractivity contribution in [3.8, 4) is 17.5 Å². The molecule has 1 atom stereocenters. The minimum absolute atomic E-state index is 0.0568. The number of hydrogen-bond donors (Lipinski definition) is 3. The van der Waals surface area contributed by atoms with Gasteiger partial charge in [0.05, 0.1) is 17.6 Å². The number of rotatable bonds is 9. The van der Waals surface area contributed by atoms with Crippen molar-refractivity contribution in [3.05, 3.63) is 107 Å². The van der Waals surface area contributed by atoms with Crippen LogP contribution in [0.2, 0.25) is 0 Å². The maximum absolute atomic E-state index is 13.2. The van der Waals surface area contributed by atoms with Crippen LogP contribution in [0.1, 0.15) is 28.3 Å². The lowest BCUT2D eigenvalue weighted by molar-refractivity contribution is -0.117. The first-order valence-electron chi connectivity index (χ1n) is 11.3. The maximum Gasteiger partial charge on any atom is 0.233 e. The molecule has 0 bridgehead atoms. The number of aromatic amines is 1. The van der Waals surface area contributed by atoms with Crippen molar-refractivity contribution in [1.82, 2.24) is 15.3 Å². The molecule has 1 amide bonds. The highest BCUT2D eigenvalue weighted by Gasteiger charge is 2.20. The molecule has 1 unspecified atom stereocenters. The Balaban J connectivity index is 1.38. The van der Waals surface area contributed by atoms with Crippen LogP contribution in [-0.2, 0) is 11.2 Å². The van der Waals surface area contributed by atoms with Gasteiger partial charge in [0.2, 0.25) is 5.91 Å². The monoisotopic (exact) mass is 449 g/mol. The first kappa shape index (κ1) is 23.0. The Bertz CT molecular complexity index is 1250. The zero-order valence-corrected chi connectivity index (χ0v) is 19.1. The number of carbonyl (C=O) groups is 1. The number of H-pyrrole nitrogens is 1. The van der Waals surface area contributed by atoms with E-state index in [0.717, 1.165) is 46.9 Å². The number of imidazole rings is 1. The van der Waals surface area contributed by atoms with E-state index in [4.69, 9.17) is 5.26 Å². The van der Waals surface area contributed by atoms with E-state index in [1.54, 1.807) is 6.20 Å². The van der Waals surface area contributed by atoms with Crippen molar-refractivity contribution in [2.75, 3.05) is 18.4 Å². The van der Waals surface area contributed by atoms with Crippen molar-refractivity contribution in [2.45, 2.75) is 19.3 Å². The predicted octanol–water partition coefficient (Wildman–Crippen LogP) is 4.81. The Morgan fingerprint density at radius 1 is 1.03 bits per heavy atom. The lowest BCUT2D eigenvalue weighted by Gasteiger charge is -2.18. The third kappa shape index (κ3) is 5.97. The number of nitrogens with zero attached hydrogens (tertiary/aromatic N) is 2. The zero-order valence-electron chi connectivity index (χ0n) is 19.1. The number of anilines is 1. The molecule has 6 heteroatoms. The standard InChI is InChI=1S/C28H27N5O/c1-20-18-31-27(32-20)24-11-13-25(14-12-24)33-28(34)26(23-5-3-2-4-6-23)19-30-16-15-21-7-9-22(17-29)10-8-21/h2-14,18,26,30H,15-16,19H2,1H3,(H,31,32)(H,33,34). The Hall–Kier alpha value is -4.21. The smallest absolute Gasteiger partial charge is 0.233 e. The second kappa shape index (κ2) is 11.1. The van der Waals surface area contributed by atoms with Gasteiger partial charge in [-0.05, 0) is 67.4 Å². The van der Waals surface area contributed by atoms with E-state index in [2.05, 4.69) is 26.7 Å². The quantitative estimate of drug-likeness (QED) is 0.320. The van der Waals surface area contributed by atoms with Crippen LogP contribution >= 0.6 is 0 Å². The normalized spacial score (nSPS) is 11.5. The number of nitrogens with one attached hydrogen (secondary N) is 3. The average Bonchev–Trinajstić information content (AvgIpc) is 3.31. The van der Waals surface area contributed by atoms with Gasteiger partial charge in [-0.25, -0.2) is 4.98 Å². The van der Waals surface area contributed by atoms with Gasteiger partial charge >= 0.3 is 0 Å².